The molecule has 0 unspecified atom stereocenters. The summed E-state index contributed by atoms with van der Waals surface area (Å²) >= 11 is 0. The molecule has 0 amide bonds. The normalized spacial score (nSPS) is 14.8. The molecule has 1 aliphatic heterocycles. The maximum Gasteiger partial charge on any atom is 0.161 e. The van der Waals surface area contributed by atoms with Gasteiger partial charge in [0.05, 0.1) is 5.70 Å². The molecule has 0 saturated carbocycles. The van der Waals surface area contributed by atoms with Gasteiger partial charge < -0.3 is 4.42 Å². The van der Waals surface area contributed by atoms with E-state index in [9.17, 15) is 0 Å². The predicted molar refractivity (Wildman–Crippen MR) is 186 cm³/mol. The minimum atomic E-state index is -0.925. The molecule has 220 valence electrons. The van der Waals surface area contributed by atoms with Crippen LogP contribution in [-0.4, -0.2) is 0 Å². The molecule has 1 aliphatic carbocycles. The summed E-state index contributed by atoms with van der Waals surface area (Å²) < 4.78 is 6.40. The van der Waals surface area contributed by atoms with Crippen molar-refractivity contribution in [3.05, 3.63) is 178 Å². The minimum Gasteiger partial charge on any atom is -0.456 e. The lowest BCUT2D eigenvalue weighted by Crippen LogP contribution is -2.33. The van der Waals surface area contributed by atoms with E-state index in [1.54, 1.807) is 0 Å². The number of benzene rings is 6. The van der Waals surface area contributed by atoms with Gasteiger partial charge >= 0.3 is 0 Å². The van der Waals surface area contributed by atoms with Gasteiger partial charge in [-0.05, 0) is 82.5 Å². The van der Waals surface area contributed by atoms with Gasteiger partial charge in [-0.2, -0.15) is 0 Å². The molecule has 9 rings (SSSR count). The lowest BCUT2D eigenvalue weighted by atomic mass is 9.70. The third-order valence-electron chi connectivity index (χ3n) is 9.91. The molecule has 7 aromatic rings. The number of aryl methyl sites for hydroxylation is 1. The van der Waals surface area contributed by atoms with E-state index >= 15 is 0 Å². The Bertz CT molecular complexity index is 2340. The maximum absolute atomic E-state index is 6.40. The van der Waals surface area contributed by atoms with Crippen molar-refractivity contribution in [2.45, 2.75) is 25.8 Å². The van der Waals surface area contributed by atoms with Gasteiger partial charge in [0.15, 0.2) is 5.54 Å². The van der Waals surface area contributed by atoms with E-state index in [0.717, 1.165) is 56.3 Å². The number of rotatable bonds is 4. The zero-order valence-electron chi connectivity index (χ0n) is 25.7. The average molecular weight is 594 g/mol. The minimum absolute atomic E-state index is 0.846. The van der Waals surface area contributed by atoms with Gasteiger partial charge in [-0.1, -0.05) is 127 Å². The Labute approximate surface area is 267 Å². The second kappa shape index (κ2) is 10.1. The quantitative estimate of drug-likeness (QED) is 0.221. The number of hydrogen-bond acceptors (Lipinski definition) is 4. The molecular formula is C42H31N3O. The highest BCUT2D eigenvalue weighted by atomic mass is 16.3. The molecule has 0 atom stereocenters. The summed E-state index contributed by atoms with van der Waals surface area (Å²) in [6.45, 7) is 4.49. The van der Waals surface area contributed by atoms with E-state index < -0.39 is 5.54 Å². The SMILES string of the molecule is Cc1cc2c(c(C3=C(c4cccc5oc6ccccc6c45)NN=NC3(c3ccccc3)c3ccccc3)c1C)Cc1ccccc1-2. The zero-order valence-corrected chi connectivity index (χ0v) is 25.7. The number of fused-ring (bicyclic) bond motifs is 6. The first-order valence-corrected chi connectivity index (χ1v) is 15.8. The summed E-state index contributed by atoms with van der Waals surface area (Å²) in [6.07, 6.45) is 0.856. The Hall–Kier alpha value is -5.74. The zero-order chi connectivity index (χ0) is 30.8. The molecule has 4 nitrogen and oxygen atoms in total. The standard InChI is InChI=1S/C42H31N3O/c1-26-24-34-31-19-10-9-14-28(31)25-35(34)38(27(26)2)40-41(33-21-13-23-37-39(33)32-20-11-12-22-36(32)46-37)43-45-44-42(40,29-15-5-3-6-16-29)30-17-7-4-8-18-30/h3-24H,25H2,1-2H3,(H,43,44). The molecule has 1 N–H and O–H groups in total. The van der Waals surface area contributed by atoms with Crippen LogP contribution < -0.4 is 5.43 Å². The first kappa shape index (κ1) is 26.6. The van der Waals surface area contributed by atoms with Crippen molar-refractivity contribution >= 4 is 33.2 Å². The van der Waals surface area contributed by atoms with E-state index in [2.05, 4.69) is 141 Å². The van der Waals surface area contributed by atoms with Gasteiger partial charge in [-0.15, -0.1) is 5.11 Å². The average Bonchev–Trinajstić information content (AvgIpc) is 3.68. The van der Waals surface area contributed by atoms with Crippen molar-refractivity contribution in [1.29, 1.82) is 0 Å². The van der Waals surface area contributed by atoms with Gasteiger partial charge in [0, 0.05) is 21.9 Å². The Balaban J connectivity index is 1.49. The van der Waals surface area contributed by atoms with Gasteiger partial charge in [-0.3, -0.25) is 5.43 Å². The van der Waals surface area contributed by atoms with Crippen molar-refractivity contribution in [2.24, 2.45) is 10.3 Å². The predicted octanol–water partition coefficient (Wildman–Crippen LogP) is 10.6. The topological polar surface area (TPSA) is 49.9 Å². The van der Waals surface area contributed by atoms with Crippen molar-refractivity contribution in [3.63, 3.8) is 0 Å². The molecule has 0 bridgehead atoms. The highest BCUT2D eigenvalue weighted by Crippen LogP contribution is 2.55. The molecule has 6 aromatic carbocycles. The summed E-state index contributed by atoms with van der Waals surface area (Å²) in [5.74, 6) is 0. The first-order chi connectivity index (χ1) is 22.6. The van der Waals surface area contributed by atoms with Crippen molar-refractivity contribution in [1.82, 2.24) is 5.43 Å². The van der Waals surface area contributed by atoms with Crippen LogP contribution in [-0.2, 0) is 12.0 Å². The molecule has 1 aromatic heterocycles. The second-order valence-electron chi connectivity index (χ2n) is 12.3. The van der Waals surface area contributed by atoms with Crippen LogP contribution in [0.3, 0.4) is 0 Å². The van der Waals surface area contributed by atoms with E-state index in [-0.39, 0.29) is 0 Å². The summed E-state index contributed by atoms with van der Waals surface area (Å²) in [5, 5.41) is 12.1. The highest BCUT2D eigenvalue weighted by molar-refractivity contribution is 6.13. The van der Waals surface area contributed by atoms with Crippen molar-refractivity contribution in [3.8, 4) is 11.1 Å². The third kappa shape index (κ3) is 3.73. The molecule has 4 heteroatoms. The fraction of sp³-hybridized carbons (Fsp3) is 0.0952. The Morgan fingerprint density at radius 1 is 0.652 bits per heavy atom. The van der Waals surface area contributed by atoms with Crippen LogP contribution in [0.15, 0.2) is 148 Å². The third-order valence-corrected chi connectivity index (χ3v) is 9.91. The summed E-state index contributed by atoms with van der Waals surface area (Å²) in [4.78, 5) is 0. The molecule has 46 heavy (non-hydrogen) atoms. The number of hydrogen-bond donors (Lipinski definition) is 1. The molecular weight excluding hydrogens is 562 g/mol. The number of nitrogens with zero attached hydrogens (tertiary/aromatic N) is 2. The van der Waals surface area contributed by atoms with Crippen molar-refractivity contribution < 1.29 is 4.42 Å². The maximum atomic E-state index is 6.40. The van der Waals surface area contributed by atoms with E-state index in [1.165, 1.54) is 38.9 Å². The number of nitrogens with one attached hydrogen (secondary N) is 1. The smallest absolute Gasteiger partial charge is 0.161 e. The van der Waals surface area contributed by atoms with Crippen LogP contribution in [0.2, 0.25) is 0 Å². The fourth-order valence-corrected chi connectivity index (χ4v) is 7.71. The second-order valence-corrected chi connectivity index (χ2v) is 12.3. The lowest BCUT2D eigenvalue weighted by molar-refractivity contribution is 0.601. The van der Waals surface area contributed by atoms with E-state index in [0.29, 0.717) is 0 Å². The number of para-hydroxylation sites is 1. The van der Waals surface area contributed by atoms with Gasteiger partial charge in [0.25, 0.3) is 0 Å². The van der Waals surface area contributed by atoms with Crippen molar-refractivity contribution in [2.75, 3.05) is 0 Å². The summed E-state index contributed by atoms with van der Waals surface area (Å²) in [7, 11) is 0. The molecule has 0 fully saturated rings. The van der Waals surface area contributed by atoms with Crippen LogP contribution in [0.1, 0.15) is 44.5 Å². The lowest BCUT2D eigenvalue weighted by Gasteiger charge is -2.38. The van der Waals surface area contributed by atoms with Gasteiger partial charge in [0.2, 0.25) is 0 Å². The van der Waals surface area contributed by atoms with Crippen LogP contribution in [0.5, 0.6) is 0 Å². The van der Waals surface area contributed by atoms with E-state index in [1.807, 2.05) is 12.1 Å². The Kier molecular flexibility index (Phi) is 5.88. The summed E-state index contributed by atoms with van der Waals surface area (Å²) in [6, 6.07) is 47.0. The highest BCUT2D eigenvalue weighted by Gasteiger charge is 2.46. The Morgan fingerprint density at radius 2 is 1.30 bits per heavy atom. The van der Waals surface area contributed by atoms with Crippen LogP contribution in [0.4, 0.5) is 0 Å². The molecule has 2 aliphatic rings. The Morgan fingerprint density at radius 3 is 2.09 bits per heavy atom. The van der Waals surface area contributed by atoms with E-state index in [4.69, 9.17) is 14.8 Å². The van der Waals surface area contributed by atoms with Gasteiger partial charge in [-0.25, -0.2) is 0 Å². The number of furan rings is 1. The largest absolute Gasteiger partial charge is 0.456 e. The monoisotopic (exact) mass is 593 g/mol. The van der Waals surface area contributed by atoms with Crippen LogP contribution in [0.25, 0.3) is 44.3 Å². The van der Waals surface area contributed by atoms with Gasteiger partial charge in [0.1, 0.15) is 11.2 Å². The summed E-state index contributed by atoms with van der Waals surface area (Å²) in [5.41, 5.74) is 18.5. The van der Waals surface area contributed by atoms with Crippen LogP contribution >= 0.6 is 0 Å². The molecule has 0 radical (unpaired) electrons. The molecule has 0 spiro atoms. The first-order valence-electron chi connectivity index (χ1n) is 15.8. The van der Waals surface area contributed by atoms with Crippen LogP contribution in [0, 0.1) is 13.8 Å². The fourth-order valence-electron chi connectivity index (χ4n) is 7.71. The molecule has 2 heterocycles. The molecule has 0 saturated heterocycles.